The van der Waals surface area contributed by atoms with Gasteiger partial charge in [-0.05, 0) is 44.5 Å². The van der Waals surface area contributed by atoms with E-state index in [9.17, 15) is 32.5 Å². The number of hydrogen-bond acceptors (Lipinski definition) is 10. The molecular weight excluding hydrogens is 444 g/mol. The van der Waals surface area contributed by atoms with Crippen LogP contribution >= 0.6 is 0 Å². The molecule has 3 aliphatic rings. The van der Waals surface area contributed by atoms with Gasteiger partial charge in [0, 0.05) is 17.8 Å². The van der Waals surface area contributed by atoms with Gasteiger partial charge in [-0.1, -0.05) is 0 Å². The first-order chi connectivity index (χ1) is 14.9. The SMILES string of the molecule is CC(C)(O)C1C2CC3C(OC(=O)C31)C2OC(=O)CCC(=O)Oc1ccc(S(=O)(=O)[O-])cc1. The van der Waals surface area contributed by atoms with Crippen LogP contribution in [-0.4, -0.2) is 53.8 Å². The van der Waals surface area contributed by atoms with E-state index in [4.69, 9.17) is 14.2 Å². The average molecular weight is 467 g/mol. The Bertz CT molecular complexity index is 1040. The number of hydrogen-bond donors (Lipinski definition) is 1. The zero-order chi connectivity index (χ0) is 23.4. The monoisotopic (exact) mass is 467 g/mol. The lowest BCUT2D eigenvalue weighted by Gasteiger charge is -2.38. The van der Waals surface area contributed by atoms with E-state index < -0.39 is 50.7 Å². The van der Waals surface area contributed by atoms with E-state index in [1.165, 1.54) is 0 Å². The van der Waals surface area contributed by atoms with E-state index >= 15 is 0 Å². The van der Waals surface area contributed by atoms with Crippen molar-refractivity contribution in [2.24, 2.45) is 23.7 Å². The Labute approximate surface area is 184 Å². The predicted molar refractivity (Wildman–Crippen MR) is 104 cm³/mol. The number of rotatable bonds is 7. The van der Waals surface area contributed by atoms with Crippen LogP contribution < -0.4 is 4.74 Å². The first kappa shape index (κ1) is 22.7. The first-order valence-electron chi connectivity index (χ1n) is 10.3. The van der Waals surface area contributed by atoms with Gasteiger partial charge in [-0.3, -0.25) is 14.4 Å². The fourth-order valence-electron chi connectivity index (χ4n) is 5.38. The van der Waals surface area contributed by atoms with Crippen LogP contribution in [0.4, 0.5) is 0 Å². The molecule has 10 nitrogen and oxygen atoms in total. The zero-order valence-electron chi connectivity index (χ0n) is 17.4. The van der Waals surface area contributed by atoms with Crippen molar-refractivity contribution in [3.63, 3.8) is 0 Å². The standard InChI is InChI=1S/C21H24O10S/c1-21(2,25)17-13-9-12-16(17)20(24)31-18(12)19(13)30-15(23)8-7-14(22)29-10-3-5-11(6-4-10)32(26,27)28/h3-6,12-13,16-19,25H,7-9H2,1-2H3,(H,26,27,28)/p-1. The third-order valence-corrected chi connectivity index (χ3v) is 7.36. The maximum atomic E-state index is 12.4. The molecule has 6 unspecified atom stereocenters. The minimum Gasteiger partial charge on any atom is -0.744 e. The Balaban J connectivity index is 1.32. The molecular formula is C21H23O10S-. The highest BCUT2D eigenvalue weighted by molar-refractivity contribution is 7.85. The van der Waals surface area contributed by atoms with Crippen molar-refractivity contribution in [2.75, 3.05) is 0 Å². The molecule has 1 aliphatic heterocycles. The average Bonchev–Trinajstić information content (AvgIpc) is 3.29. The van der Waals surface area contributed by atoms with Crippen molar-refractivity contribution in [2.45, 2.75) is 55.8 Å². The molecule has 32 heavy (non-hydrogen) atoms. The minimum atomic E-state index is -4.60. The first-order valence-corrected chi connectivity index (χ1v) is 11.7. The van der Waals surface area contributed by atoms with Gasteiger partial charge in [0.05, 0.1) is 29.3 Å². The van der Waals surface area contributed by atoms with Gasteiger partial charge in [-0.2, -0.15) is 0 Å². The molecule has 1 aromatic carbocycles. The minimum absolute atomic E-state index is 0.0285. The lowest BCUT2D eigenvalue weighted by Crippen LogP contribution is -2.48. The number of fused-ring (bicyclic) bond motifs is 1. The molecule has 0 radical (unpaired) electrons. The third kappa shape index (κ3) is 4.12. The van der Waals surface area contributed by atoms with Gasteiger partial charge in [0.15, 0.2) is 0 Å². The second-order valence-electron chi connectivity index (χ2n) is 9.02. The van der Waals surface area contributed by atoms with Crippen LogP contribution in [0.2, 0.25) is 0 Å². The summed E-state index contributed by atoms with van der Waals surface area (Å²) in [6, 6.07) is 4.36. The summed E-state index contributed by atoms with van der Waals surface area (Å²) in [4.78, 5) is 36.2. The fourth-order valence-corrected chi connectivity index (χ4v) is 5.85. The molecule has 3 fully saturated rings. The fraction of sp³-hybridized carbons (Fsp3) is 0.571. The van der Waals surface area contributed by atoms with Crippen LogP contribution in [0.3, 0.4) is 0 Å². The second kappa shape index (κ2) is 7.82. The maximum Gasteiger partial charge on any atom is 0.311 e. The molecule has 6 atom stereocenters. The van der Waals surface area contributed by atoms with Gasteiger partial charge in [-0.15, -0.1) is 0 Å². The van der Waals surface area contributed by atoms with Crippen LogP contribution in [0.1, 0.15) is 33.1 Å². The summed E-state index contributed by atoms with van der Waals surface area (Å²) in [6.07, 6.45) is -1.11. The van der Waals surface area contributed by atoms with Gasteiger partial charge in [0.1, 0.15) is 28.1 Å². The van der Waals surface area contributed by atoms with Gasteiger partial charge in [0.25, 0.3) is 0 Å². The molecule has 2 saturated carbocycles. The second-order valence-corrected chi connectivity index (χ2v) is 10.4. The van der Waals surface area contributed by atoms with Crippen LogP contribution in [0, 0.1) is 23.7 Å². The third-order valence-electron chi connectivity index (χ3n) is 6.51. The van der Waals surface area contributed by atoms with E-state index in [1.807, 2.05) is 0 Å². The van der Waals surface area contributed by atoms with Crippen molar-refractivity contribution in [1.82, 2.24) is 0 Å². The number of carbonyl (C=O) groups excluding carboxylic acids is 3. The van der Waals surface area contributed by atoms with Gasteiger partial charge >= 0.3 is 17.9 Å². The Kier molecular flexibility index (Phi) is 5.54. The maximum absolute atomic E-state index is 12.4. The van der Waals surface area contributed by atoms with Crippen molar-refractivity contribution < 1.29 is 46.7 Å². The van der Waals surface area contributed by atoms with Crippen LogP contribution in [0.5, 0.6) is 5.75 Å². The number of esters is 3. The Hall–Kier alpha value is -2.50. The molecule has 1 heterocycles. The number of carbonyl (C=O) groups is 3. The topological polar surface area (TPSA) is 156 Å². The molecule has 0 spiro atoms. The van der Waals surface area contributed by atoms with Gasteiger partial charge in [-0.25, -0.2) is 8.42 Å². The number of ether oxygens (including phenoxy) is 3. The summed E-state index contributed by atoms with van der Waals surface area (Å²) in [5.74, 6) is -2.79. The molecule has 0 aromatic heterocycles. The van der Waals surface area contributed by atoms with Gasteiger partial charge < -0.3 is 23.9 Å². The normalized spacial score (nSPS) is 30.8. The molecule has 1 saturated heterocycles. The van der Waals surface area contributed by atoms with Crippen molar-refractivity contribution in [3.05, 3.63) is 24.3 Å². The Morgan fingerprint density at radius 3 is 2.38 bits per heavy atom. The van der Waals surface area contributed by atoms with Crippen LogP contribution in [0.15, 0.2) is 29.2 Å². The molecule has 4 rings (SSSR count). The van der Waals surface area contributed by atoms with Crippen molar-refractivity contribution in [3.8, 4) is 5.75 Å². The summed E-state index contributed by atoms with van der Waals surface area (Å²) in [5.41, 5.74) is -1.13. The molecule has 11 heteroatoms. The molecule has 0 amide bonds. The van der Waals surface area contributed by atoms with Gasteiger partial charge in [0.2, 0.25) is 0 Å². The van der Waals surface area contributed by atoms with E-state index in [0.29, 0.717) is 6.42 Å². The van der Waals surface area contributed by atoms with E-state index in [-0.39, 0.29) is 42.3 Å². The summed E-state index contributed by atoms with van der Waals surface area (Å²) in [7, 11) is -4.60. The molecule has 2 aliphatic carbocycles. The zero-order valence-corrected chi connectivity index (χ0v) is 18.2. The summed E-state index contributed by atoms with van der Waals surface area (Å²) >= 11 is 0. The largest absolute Gasteiger partial charge is 0.744 e. The highest BCUT2D eigenvalue weighted by Crippen LogP contribution is 2.61. The lowest BCUT2D eigenvalue weighted by molar-refractivity contribution is -0.164. The van der Waals surface area contributed by atoms with Crippen LogP contribution in [0.25, 0.3) is 0 Å². The van der Waals surface area contributed by atoms with E-state index in [0.717, 1.165) is 24.3 Å². The summed E-state index contributed by atoms with van der Waals surface area (Å²) in [6.45, 7) is 3.26. The van der Waals surface area contributed by atoms with E-state index in [1.54, 1.807) is 13.8 Å². The smallest absolute Gasteiger partial charge is 0.311 e. The predicted octanol–water partition coefficient (Wildman–Crippen LogP) is 0.766. The van der Waals surface area contributed by atoms with E-state index in [2.05, 4.69) is 0 Å². The Morgan fingerprint density at radius 2 is 1.78 bits per heavy atom. The Morgan fingerprint density at radius 1 is 1.16 bits per heavy atom. The molecule has 2 bridgehead atoms. The summed E-state index contributed by atoms with van der Waals surface area (Å²) < 4.78 is 48.8. The van der Waals surface area contributed by atoms with Crippen molar-refractivity contribution >= 4 is 28.0 Å². The highest BCUT2D eigenvalue weighted by Gasteiger charge is 2.70. The summed E-state index contributed by atoms with van der Waals surface area (Å²) in [5, 5.41) is 10.5. The number of aliphatic hydroxyl groups is 1. The molecule has 174 valence electrons. The molecule has 1 N–H and O–H groups in total. The lowest BCUT2D eigenvalue weighted by atomic mass is 9.71. The van der Waals surface area contributed by atoms with Crippen molar-refractivity contribution in [1.29, 1.82) is 0 Å². The highest BCUT2D eigenvalue weighted by atomic mass is 32.2. The molecule has 1 aromatic rings. The van der Waals surface area contributed by atoms with Crippen LogP contribution in [-0.2, 0) is 34.0 Å². The quantitative estimate of drug-likeness (QED) is 0.345. The number of benzene rings is 1.